The number of hydrogen-bond acceptors (Lipinski definition) is 4. The van der Waals surface area contributed by atoms with Gasteiger partial charge in [-0.25, -0.2) is 8.42 Å². The lowest BCUT2D eigenvalue weighted by Gasteiger charge is -2.19. The lowest BCUT2D eigenvalue weighted by Crippen LogP contribution is -2.18. The van der Waals surface area contributed by atoms with Gasteiger partial charge in [0.2, 0.25) is 9.84 Å². The maximum atomic E-state index is 13.0. The highest BCUT2D eigenvalue weighted by molar-refractivity contribution is 7.95. The van der Waals surface area contributed by atoms with Crippen LogP contribution >= 0.6 is 0 Å². The third-order valence-electron chi connectivity index (χ3n) is 4.45. The molecule has 1 unspecified atom stereocenters. The fourth-order valence-electron chi connectivity index (χ4n) is 3.01. The molecular formula is C24H20O4S. The highest BCUT2D eigenvalue weighted by Gasteiger charge is 2.23. The van der Waals surface area contributed by atoms with Crippen LogP contribution in [-0.2, 0) is 9.84 Å². The van der Waals surface area contributed by atoms with Gasteiger partial charge in [-0.3, -0.25) is 0 Å². The van der Waals surface area contributed by atoms with Crippen molar-refractivity contribution >= 4 is 9.84 Å². The Labute approximate surface area is 170 Å². The highest BCUT2D eigenvalue weighted by atomic mass is 32.2. The Hall–Kier alpha value is -3.31. The van der Waals surface area contributed by atoms with E-state index in [2.05, 4.69) is 0 Å². The second-order valence-electron chi connectivity index (χ2n) is 6.57. The van der Waals surface area contributed by atoms with E-state index in [1.807, 2.05) is 66.7 Å². The van der Waals surface area contributed by atoms with E-state index in [9.17, 15) is 8.42 Å². The monoisotopic (exact) mass is 404 g/mol. The van der Waals surface area contributed by atoms with Gasteiger partial charge in [0.25, 0.3) is 0 Å². The zero-order chi connectivity index (χ0) is 20.1. The Kier molecular flexibility index (Phi) is 5.49. The van der Waals surface area contributed by atoms with Crippen molar-refractivity contribution in [3.63, 3.8) is 0 Å². The summed E-state index contributed by atoms with van der Waals surface area (Å²) in [6, 6.07) is 25.2. The molecule has 0 amide bonds. The molecule has 3 aromatic rings. The van der Waals surface area contributed by atoms with Crippen molar-refractivity contribution in [1.29, 1.82) is 0 Å². The van der Waals surface area contributed by atoms with E-state index in [0.29, 0.717) is 23.7 Å². The summed E-state index contributed by atoms with van der Waals surface area (Å²) in [5.41, 5.74) is 0. The number of ether oxygens (including phenoxy) is 2. The van der Waals surface area contributed by atoms with Crippen LogP contribution in [-0.4, -0.2) is 14.5 Å². The van der Waals surface area contributed by atoms with Gasteiger partial charge in [0.15, 0.2) is 0 Å². The van der Waals surface area contributed by atoms with Gasteiger partial charge in [0.1, 0.15) is 23.4 Å². The quantitative estimate of drug-likeness (QED) is 0.541. The van der Waals surface area contributed by atoms with Crippen molar-refractivity contribution in [2.75, 3.05) is 0 Å². The van der Waals surface area contributed by atoms with Crippen LogP contribution in [0.15, 0.2) is 113 Å². The van der Waals surface area contributed by atoms with Crippen LogP contribution in [0.1, 0.15) is 6.42 Å². The zero-order valence-corrected chi connectivity index (χ0v) is 16.5. The van der Waals surface area contributed by atoms with Gasteiger partial charge < -0.3 is 9.47 Å². The first-order valence-corrected chi connectivity index (χ1v) is 10.8. The Morgan fingerprint density at radius 1 is 0.724 bits per heavy atom. The van der Waals surface area contributed by atoms with Crippen LogP contribution in [0.2, 0.25) is 0 Å². The van der Waals surface area contributed by atoms with Crippen LogP contribution in [0.3, 0.4) is 0 Å². The summed E-state index contributed by atoms with van der Waals surface area (Å²) in [6.45, 7) is 0. The van der Waals surface area contributed by atoms with Crippen LogP contribution in [0.5, 0.6) is 17.2 Å². The molecule has 1 aliphatic rings. The van der Waals surface area contributed by atoms with Gasteiger partial charge in [-0.05, 0) is 60.7 Å². The van der Waals surface area contributed by atoms with E-state index in [1.54, 1.807) is 36.4 Å². The van der Waals surface area contributed by atoms with Gasteiger partial charge in [-0.15, -0.1) is 0 Å². The van der Waals surface area contributed by atoms with E-state index in [1.165, 1.54) is 0 Å². The minimum absolute atomic E-state index is 0.217. The normalized spacial score (nSPS) is 16.1. The lowest BCUT2D eigenvalue weighted by molar-refractivity contribution is 0.251. The summed E-state index contributed by atoms with van der Waals surface area (Å²) in [6.07, 6.45) is 5.42. The largest absolute Gasteiger partial charge is 0.486 e. The summed E-state index contributed by atoms with van der Waals surface area (Å²) in [5.74, 6) is 1.98. The minimum Gasteiger partial charge on any atom is -0.486 e. The van der Waals surface area contributed by atoms with Gasteiger partial charge in [0.05, 0.1) is 9.80 Å². The summed E-state index contributed by atoms with van der Waals surface area (Å²) in [4.78, 5) is 0.454. The number of para-hydroxylation sites is 2. The molecule has 3 aromatic carbocycles. The van der Waals surface area contributed by atoms with E-state index in [-0.39, 0.29) is 15.9 Å². The number of rotatable bonds is 6. The molecule has 0 spiro atoms. The second kappa shape index (κ2) is 8.37. The van der Waals surface area contributed by atoms with Crippen molar-refractivity contribution in [2.24, 2.45) is 0 Å². The maximum Gasteiger partial charge on any atom is 0.206 e. The third-order valence-corrected chi connectivity index (χ3v) is 6.24. The van der Waals surface area contributed by atoms with E-state index < -0.39 is 9.84 Å². The van der Waals surface area contributed by atoms with Gasteiger partial charge in [-0.1, -0.05) is 42.5 Å². The van der Waals surface area contributed by atoms with E-state index in [0.717, 1.165) is 0 Å². The van der Waals surface area contributed by atoms with Crippen LogP contribution in [0.25, 0.3) is 0 Å². The average molecular weight is 404 g/mol. The molecule has 146 valence electrons. The zero-order valence-electron chi connectivity index (χ0n) is 15.6. The molecule has 0 N–H and O–H groups in total. The second-order valence-corrected chi connectivity index (χ2v) is 8.52. The van der Waals surface area contributed by atoms with Crippen molar-refractivity contribution < 1.29 is 17.9 Å². The van der Waals surface area contributed by atoms with Crippen molar-refractivity contribution in [3.8, 4) is 17.2 Å². The summed E-state index contributed by atoms with van der Waals surface area (Å²) < 4.78 is 37.7. The van der Waals surface area contributed by atoms with Gasteiger partial charge in [0, 0.05) is 6.42 Å². The van der Waals surface area contributed by atoms with Crippen LogP contribution in [0.4, 0.5) is 0 Å². The molecule has 1 atom stereocenters. The Morgan fingerprint density at radius 3 is 1.97 bits per heavy atom. The molecule has 4 nitrogen and oxygen atoms in total. The standard InChI is InChI=1S/C24H20O4S/c25-29(26,23-16-14-21(15-17-23)27-19-8-3-1-4-9-19)24-13-7-12-22(18-24)28-20-10-5-2-6-11-20/h1-11,13-18,22H,12H2. The fourth-order valence-corrected chi connectivity index (χ4v) is 4.38. The molecule has 0 saturated carbocycles. The average Bonchev–Trinajstić information content (AvgIpc) is 2.76. The number of benzene rings is 3. The molecular weight excluding hydrogens is 384 g/mol. The molecule has 4 rings (SSSR count). The molecule has 0 aromatic heterocycles. The van der Waals surface area contributed by atoms with Crippen molar-refractivity contribution in [3.05, 3.63) is 108 Å². The van der Waals surface area contributed by atoms with Crippen LogP contribution in [0, 0.1) is 0 Å². The Balaban J connectivity index is 1.52. The number of sulfone groups is 1. The third kappa shape index (κ3) is 4.58. The lowest BCUT2D eigenvalue weighted by atomic mass is 10.1. The number of hydrogen-bond donors (Lipinski definition) is 0. The first-order chi connectivity index (χ1) is 14.1. The molecule has 0 heterocycles. The molecule has 0 aliphatic heterocycles. The number of allylic oxidation sites excluding steroid dienone is 1. The van der Waals surface area contributed by atoms with Gasteiger partial charge >= 0.3 is 0 Å². The van der Waals surface area contributed by atoms with Gasteiger partial charge in [-0.2, -0.15) is 0 Å². The van der Waals surface area contributed by atoms with Crippen LogP contribution < -0.4 is 9.47 Å². The summed E-state index contributed by atoms with van der Waals surface area (Å²) >= 11 is 0. The minimum atomic E-state index is -3.64. The molecule has 1 aliphatic carbocycles. The molecule has 5 heteroatoms. The molecule has 29 heavy (non-hydrogen) atoms. The summed E-state index contributed by atoms with van der Waals surface area (Å²) in [5, 5.41) is 0. The van der Waals surface area contributed by atoms with E-state index >= 15 is 0 Å². The van der Waals surface area contributed by atoms with Crippen molar-refractivity contribution in [2.45, 2.75) is 17.4 Å². The van der Waals surface area contributed by atoms with E-state index in [4.69, 9.17) is 9.47 Å². The molecule has 0 bridgehead atoms. The predicted molar refractivity (Wildman–Crippen MR) is 113 cm³/mol. The molecule has 0 radical (unpaired) electrons. The molecule has 0 fully saturated rings. The predicted octanol–water partition coefficient (Wildman–Crippen LogP) is 5.54. The summed E-state index contributed by atoms with van der Waals surface area (Å²) in [7, 11) is -3.64. The fraction of sp³-hybridized carbons (Fsp3) is 0.0833. The first-order valence-electron chi connectivity index (χ1n) is 9.29. The highest BCUT2D eigenvalue weighted by Crippen LogP contribution is 2.28. The Morgan fingerprint density at radius 2 is 1.31 bits per heavy atom. The topological polar surface area (TPSA) is 52.6 Å². The smallest absolute Gasteiger partial charge is 0.206 e. The first kappa shape index (κ1) is 19.0. The van der Waals surface area contributed by atoms with Crippen molar-refractivity contribution in [1.82, 2.24) is 0 Å². The SMILES string of the molecule is O=S(=O)(C1=CC(Oc2ccccc2)CC=C1)c1ccc(Oc2ccccc2)cc1. The molecule has 0 saturated heterocycles. The maximum absolute atomic E-state index is 13.0. The Bertz CT molecular complexity index is 1120.